The van der Waals surface area contributed by atoms with Crippen molar-refractivity contribution in [1.82, 2.24) is 14.8 Å². The molecular formula is C23H24ClN3O6S. The lowest BCUT2D eigenvalue weighted by atomic mass is 10.0. The number of aliphatic hydroxyl groups excluding tert-OH is 1. The van der Waals surface area contributed by atoms with E-state index in [0.29, 0.717) is 12.8 Å². The van der Waals surface area contributed by atoms with Gasteiger partial charge in [-0.1, -0.05) is 37.6 Å². The molecule has 2 aromatic carbocycles. The number of carbonyl (C=O) groups excluding carboxylic acids is 2. The van der Waals surface area contributed by atoms with Crippen LogP contribution in [0.4, 0.5) is 0 Å². The Morgan fingerprint density at radius 3 is 2.44 bits per heavy atom. The smallest absolute Gasteiger partial charge is 0.376 e. The molecule has 3 rings (SSSR count). The summed E-state index contributed by atoms with van der Waals surface area (Å²) in [4.78, 5) is 26.1. The minimum Gasteiger partial charge on any atom is -0.460 e. The standard InChI is InChI=1S/C23H24ClN3O6S/c1-3-11-33-23(30)22-26-25-20(14-28)27(22)19-10-9-15(34(31,32)12-4-2)13-17(19)21(29)16-7-5-6-8-18(16)24/h5-10,13,28H,3-4,11-12,14H2,1-2H3. The zero-order valence-corrected chi connectivity index (χ0v) is 20.3. The summed E-state index contributed by atoms with van der Waals surface area (Å²) >= 11 is 6.24. The van der Waals surface area contributed by atoms with Gasteiger partial charge >= 0.3 is 5.97 Å². The van der Waals surface area contributed by atoms with Gasteiger partial charge in [0.05, 0.1) is 28.0 Å². The van der Waals surface area contributed by atoms with Gasteiger partial charge in [-0.25, -0.2) is 13.2 Å². The summed E-state index contributed by atoms with van der Waals surface area (Å²) in [7, 11) is -3.67. The van der Waals surface area contributed by atoms with Crippen LogP contribution in [0.2, 0.25) is 5.02 Å². The summed E-state index contributed by atoms with van der Waals surface area (Å²) in [6.07, 6.45) is 0.971. The summed E-state index contributed by atoms with van der Waals surface area (Å²) in [6.45, 7) is 3.11. The van der Waals surface area contributed by atoms with Gasteiger partial charge in [-0.15, -0.1) is 10.2 Å². The molecular weight excluding hydrogens is 482 g/mol. The predicted molar refractivity (Wildman–Crippen MR) is 125 cm³/mol. The highest BCUT2D eigenvalue weighted by atomic mass is 35.5. The number of ketones is 1. The second-order valence-corrected chi connectivity index (χ2v) is 9.89. The summed E-state index contributed by atoms with van der Waals surface area (Å²) in [6, 6.07) is 10.3. The number of halogens is 1. The molecule has 3 aromatic rings. The average Bonchev–Trinajstić information content (AvgIpc) is 3.26. The predicted octanol–water partition coefficient (Wildman–Crippen LogP) is 3.39. The summed E-state index contributed by atoms with van der Waals surface area (Å²) in [5.74, 6) is -1.75. The molecule has 0 radical (unpaired) electrons. The van der Waals surface area contributed by atoms with E-state index in [1.54, 1.807) is 19.1 Å². The van der Waals surface area contributed by atoms with Crippen LogP contribution in [0.1, 0.15) is 59.1 Å². The van der Waals surface area contributed by atoms with Gasteiger partial charge in [0, 0.05) is 11.1 Å². The lowest BCUT2D eigenvalue weighted by molar-refractivity contribution is 0.0487. The van der Waals surface area contributed by atoms with Gasteiger partial charge in [-0.05, 0) is 43.2 Å². The fourth-order valence-corrected chi connectivity index (χ4v) is 4.89. The van der Waals surface area contributed by atoms with Gasteiger partial charge < -0.3 is 9.84 Å². The molecule has 0 atom stereocenters. The number of sulfone groups is 1. The lowest BCUT2D eigenvalue weighted by Gasteiger charge is -2.15. The molecule has 0 saturated carbocycles. The van der Waals surface area contributed by atoms with E-state index < -0.39 is 28.2 Å². The van der Waals surface area contributed by atoms with Crippen molar-refractivity contribution in [1.29, 1.82) is 0 Å². The number of benzene rings is 2. The fraction of sp³-hybridized carbons (Fsp3) is 0.304. The monoisotopic (exact) mass is 505 g/mol. The molecule has 11 heteroatoms. The van der Waals surface area contributed by atoms with E-state index in [4.69, 9.17) is 16.3 Å². The molecule has 0 aliphatic carbocycles. The van der Waals surface area contributed by atoms with Gasteiger partial charge in [-0.2, -0.15) is 0 Å². The zero-order chi connectivity index (χ0) is 24.9. The van der Waals surface area contributed by atoms with Crippen LogP contribution in [0.5, 0.6) is 0 Å². The molecule has 1 aromatic heterocycles. The van der Waals surface area contributed by atoms with Crippen molar-refractivity contribution in [3.8, 4) is 5.69 Å². The number of esters is 1. The van der Waals surface area contributed by atoms with Gasteiger partial charge in [0.1, 0.15) is 6.61 Å². The quantitative estimate of drug-likeness (QED) is 0.328. The van der Waals surface area contributed by atoms with E-state index >= 15 is 0 Å². The Kier molecular flexibility index (Phi) is 8.19. The number of nitrogens with zero attached hydrogens (tertiary/aromatic N) is 3. The van der Waals surface area contributed by atoms with Gasteiger partial charge in [-0.3, -0.25) is 9.36 Å². The van der Waals surface area contributed by atoms with Crippen LogP contribution >= 0.6 is 11.6 Å². The van der Waals surface area contributed by atoms with E-state index in [1.807, 2.05) is 6.92 Å². The Bertz CT molecular complexity index is 1320. The van der Waals surface area contributed by atoms with Crippen LogP contribution < -0.4 is 0 Å². The largest absolute Gasteiger partial charge is 0.460 e. The molecule has 0 amide bonds. The van der Waals surface area contributed by atoms with E-state index in [9.17, 15) is 23.1 Å². The van der Waals surface area contributed by atoms with Crippen molar-refractivity contribution in [2.24, 2.45) is 0 Å². The summed E-state index contributed by atoms with van der Waals surface area (Å²) in [5, 5.41) is 17.7. The zero-order valence-electron chi connectivity index (χ0n) is 18.7. The minimum atomic E-state index is -3.67. The SMILES string of the molecule is CCCOC(=O)c1nnc(CO)n1-c1ccc(S(=O)(=O)CCC)cc1C(=O)c1ccccc1Cl. The highest BCUT2D eigenvalue weighted by Crippen LogP contribution is 2.28. The number of ether oxygens (including phenoxy) is 1. The van der Waals surface area contributed by atoms with Crippen LogP contribution in [0.3, 0.4) is 0 Å². The Hall–Kier alpha value is -3.08. The first-order valence-electron chi connectivity index (χ1n) is 10.6. The van der Waals surface area contributed by atoms with Crippen molar-refractivity contribution in [3.63, 3.8) is 0 Å². The Labute approximate surface area is 202 Å². The lowest BCUT2D eigenvalue weighted by Crippen LogP contribution is -2.18. The second-order valence-electron chi connectivity index (χ2n) is 7.38. The molecule has 0 aliphatic rings. The Morgan fingerprint density at radius 2 is 1.79 bits per heavy atom. The first-order valence-corrected chi connectivity index (χ1v) is 12.7. The Balaban J connectivity index is 2.28. The third kappa shape index (κ3) is 5.19. The van der Waals surface area contributed by atoms with Crippen LogP contribution in [0.25, 0.3) is 5.69 Å². The number of aromatic nitrogens is 3. The molecule has 0 spiro atoms. The Morgan fingerprint density at radius 1 is 1.06 bits per heavy atom. The van der Waals surface area contributed by atoms with E-state index in [1.165, 1.54) is 34.9 Å². The molecule has 1 N–H and O–H groups in total. The van der Waals surface area contributed by atoms with Gasteiger partial charge in [0.25, 0.3) is 0 Å². The molecule has 0 fully saturated rings. The van der Waals surface area contributed by atoms with Crippen LogP contribution in [-0.4, -0.2) is 52.4 Å². The fourth-order valence-electron chi connectivity index (χ4n) is 3.33. The molecule has 0 saturated heterocycles. The van der Waals surface area contributed by atoms with Crippen molar-refractivity contribution in [3.05, 3.63) is 70.3 Å². The third-order valence-electron chi connectivity index (χ3n) is 4.90. The highest BCUT2D eigenvalue weighted by molar-refractivity contribution is 7.91. The van der Waals surface area contributed by atoms with Crippen molar-refractivity contribution >= 4 is 33.2 Å². The first kappa shape index (κ1) is 25.5. The number of aliphatic hydroxyl groups is 1. The number of hydrogen-bond donors (Lipinski definition) is 1. The molecule has 0 unspecified atom stereocenters. The van der Waals surface area contributed by atoms with E-state index in [0.717, 1.165) is 0 Å². The normalized spacial score (nSPS) is 11.4. The summed E-state index contributed by atoms with van der Waals surface area (Å²) < 4.78 is 31.8. The maximum Gasteiger partial charge on any atom is 0.376 e. The van der Waals surface area contributed by atoms with Crippen LogP contribution in [-0.2, 0) is 21.2 Å². The van der Waals surface area contributed by atoms with E-state index in [2.05, 4.69) is 10.2 Å². The molecule has 180 valence electrons. The maximum absolute atomic E-state index is 13.6. The topological polar surface area (TPSA) is 128 Å². The molecule has 1 heterocycles. The van der Waals surface area contributed by atoms with Gasteiger partial charge in [0.15, 0.2) is 21.4 Å². The molecule has 0 aliphatic heterocycles. The van der Waals surface area contributed by atoms with Crippen LogP contribution in [0.15, 0.2) is 47.4 Å². The number of hydrogen-bond acceptors (Lipinski definition) is 8. The third-order valence-corrected chi connectivity index (χ3v) is 7.14. The second kappa shape index (κ2) is 10.9. The van der Waals surface area contributed by atoms with Gasteiger partial charge in [0.2, 0.25) is 5.82 Å². The molecule has 0 bridgehead atoms. The molecule has 34 heavy (non-hydrogen) atoms. The first-order chi connectivity index (χ1) is 16.2. The highest BCUT2D eigenvalue weighted by Gasteiger charge is 2.27. The maximum atomic E-state index is 13.6. The minimum absolute atomic E-state index is 0.0270. The number of carbonyl (C=O) groups is 2. The van der Waals surface area contributed by atoms with Crippen molar-refractivity contribution in [2.75, 3.05) is 12.4 Å². The van der Waals surface area contributed by atoms with E-state index in [-0.39, 0.29) is 50.7 Å². The van der Waals surface area contributed by atoms with Crippen LogP contribution in [0, 0.1) is 0 Å². The molecule has 9 nitrogen and oxygen atoms in total. The number of rotatable bonds is 10. The summed E-state index contributed by atoms with van der Waals surface area (Å²) in [5.41, 5.74) is 0.200. The van der Waals surface area contributed by atoms with Crippen molar-refractivity contribution < 1.29 is 27.9 Å². The average molecular weight is 506 g/mol. The van der Waals surface area contributed by atoms with Crippen molar-refractivity contribution in [2.45, 2.75) is 38.2 Å².